The zero-order chi connectivity index (χ0) is 18.5. The molecule has 0 spiro atoms. The van der Waals surface area contributed by atoms with Gasteiger partial charge in [-0.15, -0.1) is 0 Å². The molecule has 0 unspecified atom stereocenters. The quantitative estimate of drug-likeness (QED) is 0.331. The molecule has 132 valence electrons. The largest absolute Gasteiger partial charge is 0.490 e. The van der Waals surface area contributed by atoms with Crippen molar-refractivity contribution in [3.05, 3.63) is 66.0 Å². The van der Waals surface area contributed by atoms with E-state index in [1.807, 2.05) is 36.4 Å². The highest BCUT2D eigenvalue weighted by molar-refractivity contribution is 5.92. The maximum atomic E-state index is 7.25. The summed E-state index contributed by atoms with van der Waals surface area (Å²) in [6.07, 6.45) is 6.54. The molecule has 0 aliphatic rings. The Balaban J connectivity index is 0.00000151. The lowest BCUT2D eigenvalue weighted by Gasteiger charge is -2.04. The molecule has 0 fully saturated rings. The second kappa shape index (κ2) is 11.4. The number of nitrogens with two attached hydrogens (primary N) is 2. The summed E-state index contributed by atoms with van der Waals surface area (Å²) < 4.78 is 11.0. The van der Waals surface area contributed by atoms with Crippen molar-refractivity contribution in [3.63, 3.8) is 0 Å². The third-order valence-corrected chi connectivity index (χ3v) is 2.92. The smallest absolute Gasteiger partial charge is 0.141 e. The summed E-state index contributed by atoms with van der Waals surface area (Å²) in [7, 11) is 1.50. The van der Waals surface area contributed by atoms with Gasteiger partial charge in [0.15, 0.2) is 0 Å². The number of amidine groups is 1. The van der Waals surface area contributed by atoms with Gasteiger partial charge in [-0.25, -0.2) is 4.98 Å². The molecule has 0 aliphatic carbocycles. The summed E-state index contributed by atoms with van der Waals surface area (Å²) in [5.41, 5.74) is 11.1. The van der Waals surface area contributed by atoms with Gasteiger partial charge in [-0.2, -0.15) is 0 Å². The van der Waals surface area contributed by atoms with Crippen molar-refractivity contribution in [2.45, 2.75) is 0 Å². The molecule has 0 saturated heterocycles. The van der Waals surface area contributed by atoms with Gasteiger partial charge in [-0.1, -0.05) is 0 Å². The number of nitrogens with zero attached hydrogens (tertiary/aromatic N) is 1. The molecule has 6 N–H and O–H groups in total. The average Bonchev–Trinajstić information content (AvgIpc) is 2.67. The highest BCUT2D eigenvalue weighted by Gasteiger charge is 1.98. The second-order valence-corrected chi connectivity index (χ2v) is 4.60. The van der Waals surface area contributed by atoms with Gasteiger partial charge < -0.3 is 26.4 Å². The van der Waals surface area contributed by atoms with E-state index in [4.69, 9.17) is 26.0 Å². The summed E-state index contributed by atoms with van der Waals surface area (Å²) in [6, 6.07) is 10.7. The first-order valence-corrected chi connectivity index (χ1v) is 7.58. The normalized spacial score (nSPS) is 9.84. The lowest BCUT2D eigenvalue weighted by molar-refractivity contribution is 0.349. The van der Waals surface area contributed by atoms with Crippen molar-refractivity contribution >= 4 is 12.1 Å². The molecular weight excluding hydrogens is 318 g/mol. The Hall–Kier alpha value is -3.19. The predicted octanol–water partition coefficient (Wildman–Crippen LogP) is 1.95. The third-order valence-electron chi connectivity index (χ3n) is 2.92. The first-order valence-electron chi connectivity index (χ1n) is 7.58. The summed E-state index contributed by atoms with van der Waals surface area (Å²) >= 11 is 0. The Bertz CT molecular complexity index is 682. The summed E-state index contributed by atoms with van der Waals surface area (Å²) in [6.45, 7) is 0.839. The van der Waals surface area contributed by atoms with Gasteiger partial charge in [0, 0.05) is 6.21 Å². The molecule has 1 heterocycles. The molecule has 2 aromatic rings. The Morgan fingerprint density at radius 1 is 1.00 bits per heavy atom. The summed E-state index contributed by atoms with van der Waals surface area (Å²) in [4.78, 5) is 4.01. The van der Waals surface area contributed by atoms with E-state index in [1.54, 1.807) is 12.1 Å². The number of ether oxygens (including phenoxy) is 2. The third kappa shape index (κ3) is 7.28. The molecular formula is C18H23N5O2. The number of aromatic nitrogens is 1. The van der Waals surface area contributed by atoms with Gasteiger partial charge in [-0.05, 0) is 61.2 Å². The Morgan fingerprint density at radius 2 is 1.56 bits per heavy atom. The molecule has 7 heteroatoms. The first-order chi connectivity index (χ1) is 12.2. The Kier molecular flexibility index (Phi) is 9.02. The average molecular weight is 341 g/mol. The first kappa shape index (κ1) is 19.9. The summed E-state index contributed by atoms with van der Waals surface area (Å²) in [5, 5.41) is 14.4. The van der Waals surface area contributed by atoms with E-state index in [2.05, 4.69) is 10.7 Å². The standard InChI is InChI=1S/C17H18N4O2.CH5N/c18-11-13-3-5-14(6-4-13)22-9-1-2-10-23-15-7-8-16(17(19)20)21-12-15;1-2/h1-8,11-12,18H,9-10H2,(H3,19,20);2H2,1H3/b2-1+,18-11?;. The van der Waals surface area contributed by atoms with Crippen LogP contribution in [0.5, 0.6) is 11.5 Å². The van der Waals surface area contributed by atoms with Gasteiger partial charge in [0.25, 0.3) is 0 Å². The van der Waals surface area contributed by atoms with Gasteiger partial charge in [0.1, 0.15) is 36.2 Å². The lowest BCUT2D eigenvalue weighted by atomic mass is 10.2. The fraction of sp³-hybridized carbons (Fsp3) is 0.167. The van der Waals surface area contributed by atoms with Crippen LogP contribution >= 0.6 is 0 Å². The minimum Gasteiger partial charge on any atom is -0.490 e. The Labute approximate surface area is 147 Å². The SMILES string of the molecule is CN.N=Cc1ccc(OC/C=C/COc2ccc(C(=N)N)nc2)cc1. The van der Waals surface area contributed by atoms with Crippen LogP contribution in [0, 0.1) is 10.8 Å². The van der Waals surface area contributed by atoms with Crippen LogP contribution in [0.25, 0.3) is 0 Å². The highest BCUT2D eigenvalue weighted by atomic mass is 16.5. The number of benzene rings is 1. The van der Waals surface area contributed by atoms with Gasteiger partial charge >= 0.3 is 0 Å². The molecule has 2 rings (SSSR count). The number of rotatable bonds is 8. The van der Waals surface area contributed by atoms with Gasteiger partial charge in [-0.3, -0.25) is 5.41 Å². The van der Waals surface area contributed by atoms with E-state index in [9.17, 15) is 0 Å². The molecule has 7 nitrogen and oxygen atoms in total. The van der Waals surface area contributed by atoms with Crippen molar-refractivity contribution < 1.29 is 9.47 Å². The van der Waals surface area contributed by atoms with Crippen molar-refractivity contribution in [1.29, 1.82) is 10.8 Å². The predicted molar refractivity (Wildman–Crippen MR) is 99.8 cm³/mol. The number of pyridine rings is 1. The molecule has 0 radical (unpaired) electrons. The maximum Gasteiger partial charge on any atom is 0.141 e. The van der Waals surface area contributed by atoms with Crippen LogP contribution in [0.1, 0.15) is 11.3 Å². The van der Waals surface area contributed by atoms with Gasteiger partial charge in [0.05, 0.1) is 6.20 Å². The fourth-order valence-corrected chi connectivity index (χ4v) is 1.71. The fourth-order valence-electron chi connectivity index (χ4n) is 1.71. The molecule has 0 bridgehead atoms. The number of hydrogen-bond acceptors (Lipinski definition) is 6. The van der Waals surface area contributed by atoms with E-state index < -0.39 is 0 Å². The minimum atomic E-state index is -0.0674. The Morgan fingerprint density at radius 3 is 2.04 bits per heavy atom. The number of nitrogens with one attached hydrogen (secondary N) is 2. The van der Waals surface area contributed by atoms with E-state index in [1.165, 1.54) is 19.5 Å². The lowest BCUT2D eigenvalue weighted by Crippen LogP contribution is -2.12. The molecule has 0 atom stereocenters. The van der Waals surface area contributed by atoms with Crippen LogP contribution in [0.4, 0.5) is 0 Å². The second-order valence-electron chi connectivity index (χ2n) is 4.60. The van der Waals surface area contributed by atoms with E-state index in [0.29, 0.717) is 24.7 Å². The van der Waals surface area contributed by atoms with Crippen LogP contribution < -0.4 is 20.9 Å². The molecule has 1 aromatic heterocycles. The maximum absolute atomic E-state index is 7.25. The van der Waals surface area contributed by atoms with Crippen molar-refractivity contribution in [3.8, 4) is 11.5 Å². The van der Waals surface area contributed by atoms with Crippen LogP contribution in [0.3, 0.4) is 0 Å². The molecule has 25 heavy (non-hydrogen) atoms. The molecule has 0 saturated carbocycles. The highest BCUT2D eigenvalue weighted by Crippen LogP contribution is 2.11. The molecule has 1 aromatic carbocycles. The van der Waals surface area contributed by atoms with E-state index >= 15 is 0 Å². The molecule has 0 amide bonds. The van der Waals surface area contributed by atoms with Crippen LogP contribution in [0.15, 0.2) is 54.7 Å². The minimum absolute atomic E-state index is 0.0674. The number of nitrogen functional groups attached to an aromatic ring is 1. The monoisotopic (exact) mass is 341 g/mol. The van der Waals surface area contributed by atoms with Crippen molar-refractivity contribution in [1.82, 2.24) is 4.98 Å². The van der Waals surface area contributed by atoms with Crippen LogP contribution in [-0.2, 0) is 0 Å². The topological polar surface area (TPSA) is 131 Å². The van der Waals surface area contributed by atoms with Crippen molar-refractivity contribution in [2.24, 2.45) is 11.5 Å². The van der Waals surface area contributed by atoms with Crippen molar-refractivity contribution in [2.75, 3.05) is 20.3 Å². The van der Waals surface area contributed by atoms with E-state index in [-0.39, 0.29) is 5.84 Å². The van der Waals surface area contributed by atoms with Gasteiger partial charge in [0.2, 0.25) is 0 Å². The zero-order valence-corrected chi connectivity index (χ0v) is 14.1. The van der Waals surface area contributed by atoms with Crippen LogP contribution in [-0.4, -0.2) is 37.3 Å². The van der Waals surface area contributed by atoms with E-state index in [0.717, 1.165) is 11.3 Å². The zero-order valence-electron chi connectivity index (χ0n) is 14.1. The van der Waals surface area contributed by atoms with Crippen LogP contribution in [0.2, 0.25) is 0 Å². The summed E-state index contributed by atoms with van der Waals surface area (Å²) in [5.74, 6) is 1.30. The molecule has 0 aliphatic heterocycles. The number of hydrogen-bond donors (Lipinski definition) is 4.